The van der Waals surface area contributed by atoms with Gasteiger partial charge in [-0.2, -0.15) is 5.10 Å². The highest BCUT2D eigenvalue weighted by Crippen LogP contribution is 2.18. The van der Waals surface area contributed by atoms with E-state index in [1.54, 1.807) is 24.4 Å². The Bertz CT molecular complexity index is 490. The van der Waals surface area contributed by atoms with E-state index in [-0.39, 0.29) is 0 Å². The van der Waals surface area contributed by atoms with Crippen LogP contribution in [-0.2, 0) is 4.79 Å². The smallest absolute Gasteiger partial charge is 0.340 e. The van der Waals surface area contributed by atoms with Crippen LogP contribution in [0.25, 0.3) is 10.9 Å². The van der Waals surface area contributed by atoms with Gasteiger partial charge in [-0.05, 0) is 25.1 Å². The Morgan fingerprint density at radius 3 is 3.13 bits per heavy atom. The number of carbonyl (C=O) groups excluding carboxylic acids is 1. The van der Waals surface area contributed by atoms with Gasteiger partial charge in [0.25, 0.3) is 0 Å². The van der Waals surface area contributed by atoms with E-state index in [0.29, 0.717) is 5.75 Å². The van der Waals surface area contributed by atoms with Crippen molar-refractivity contribution >= 4 is 16.9 Å². The van der Waals surface area contributed by atoms with Crippen LogP contribution in [0.15, 0.2) is 24.4 Å². The fourth-order valence-electron chi connectivity index (χ4n) is 1.19. The molecule has 1 aromatic heterocycles. The maximum absolute atomic E-state index is 11.1. The van der Waals surface area contributed by atoms with E-state index < -0.39 is 12.1 Å². The second-order valence-electron chi connectivity index (χ2n) is 3.22. The molecule has 0 amide bonds. The van der Waals surface area contributed by atoms with Crippen molar-refractivity contribution in [3.63, 3.8) is 0 Å². The number of H-pyrrole nitrogens is 1. The van der Waals surface area contributed by atoms with Gasteiger partial charge in [0, 0.05) is 5.39 Å². The average molecular weight is 206 g/mol. The van der Waals surface area contributed by atoms with E-state index in [1.807, 2.05) is 0 Å². The highest BCUT2D eigenvalue weighted by atomic mass is 16.5. The van der Waals surface area contributed by atoms with Crippen LogP contribution in [0.3, 0.4) is 0 Å². The summed E-state index contributed by atoms with van der Waals surface area (Å²) in [7, 11) is 0. The molecule has 0 radical (unpaired) electrons. The van der Waals surface area contributed by atoms with E-state index in [4.69, 9.17) is 9.84 Å². The lowest BCUT2D eigenvalue weighted by atomic mass is 10.2. The second-order valence-corrected chi connectivity index (χ2v) is 3.22. The molecule has 0 aliphatic rings. The summed E-state index contributed by atoms with van der Waals surface area (Å²) in [5, 5.41) is 16.4. The third-order valence-corrected chi connectivity index (χ3v) is 1.97. The molecule has 0 saturated heterocycles. The van der Waals surface area contributed by atoms with Gasteiger partial charge in [0.15, 0.2) is 0 Å². The van der Waals surface area contributed by atoms with E-state index in [9.17, 15) is 4.79 Å². The number of aromatic amines is 1. The number of aliphatic hydroxyl groups excluding tert-OH is 1. The minimum Gasteiger partial charge on any atom is -0.425 e. The van der Waals surface area contributed by atoms with E-state index in [0.717, 1.165) is 10.9 Å². The van der Waals surface area contributed by atoms with Gasteiger partial charge in [-0.3, -0.25) is 5.10 Å². The van der Waals surface area contributed by atoms with Crippen LogP contribution in [0.2, 0.25) is 0 Å². The summed E-state index contributed by atoms with van der Waals surface area (Å²) < 4.78 is 4.92. The lowest BCUT2D eigenvalue weighted by molar-refractivity contribution is -0.142. The largest absolute Gasteiger partial charge is 0.425 e. The molecule has 5 heteroatoms. The number of nitrogens with zero attached hydrogens (tertiary/aromatic N) is 1. The lowest BCUT2D eigenvalue weighted by Crippen LogP contribution is -2.21. The first-order valence-electron chi connectivity index (χ1n) is 4.50. The summed E-state index contributed by atoms with van der Waals surface area (Å²) in [6.45, 7) is 1.36. The Labute approximate surface area is 85.7 Å². The number of hydrogen-bond acceptors (Lipinski definition) is 4. The fraction of sp³-hybridized carbons (Fsp3) is 0.200. The number of nitrogens with one attached hydrogen (secondary N) is 1. The first kappa shape index (κ1) is 9.67. The minimum absolute atomic E-state index is 0.398. The molecular weight excluding hydrogens is 196 g/mol. The molecule has 15 heavy (non-hydrogen) atoms. The lowest BCUT2D eigenvalue weighted by Gasteiger charge is -2.05. The number of hydrogen-bond donors (Lipinski definition) is 2. The molecule has 1 atom stereocenters. The Morgan fingerprint density at radius 2 is 2.40 bits per heavy atom. The van der Waals surface area contributed by atoms with Gasteiger partial charge in [0.2, 0.25) is 0 Å². The van der Waals surface area contributed by atoms with Crippen molar-refractivity contribution < 1.29 is 14.6 Å². The van der Waals surface area contributed by atoms with Gasteiger partial charge >= 0.3 is 5.97 Å². The van der Waals surface area contributed by atoms with Gasteiger partial charge in [0.1, 0.15) is 11.9 Å². The normalized spacial score (nSPS) is 12.7. The fourth-order valence-corrected chi connectivity index (χ4v) is 1.19. The molecule has 1 unspecified atom stereocenters. The second kappa shape index (κ2) is 3.70. The summed E-state index contributed by atoms with van der Waals surface area (Å²) >= 11 is 0. The molecule has 2 rings (SSSR count). The first-order chi connectivity index (χ1) is 7.16. The first-order valence-corrected chi connectivity index (χ1v) is 4.50. The molecule has 2 N–H and O–H groups in total. The maximum Gasteiger partial charge on any atom is 0.340 e. The van der Waals surface area contributed by atoms with E-state index in [1.165, 1.54) is 6.92 Å². The number of rotatable bonds is 2. The monoisotopic (exact) mass is 206 g/mol. The van der Waals surface area contributed by atoms with Crippen molar-refractivity contribution in [2.45, 2.75) is 13.0 Å². The third kappa shape index (κ3) is 1.97. The Hall–Kier alpha value is -1.88. The van der Waals surface area contributed by atoms with Gasteiger partial charge < -0.3 is 9.84 Å². The van der Waals surface area contributed by atoms with Crippen molar-refractivity contribution in [3.05, 3.63) is 24.4 Å². The van der Waals surface area contributed by atoms with Crippen LogP contribution in [0.4, 0.5) is 0 Å². The van der Waals surface area contributed by atoms with Crippen molar-refractivity contribution in [1.82, 2.24) is 10.2 Å². The number of fused-ring (bicyclic) bond motifs is 1. The number of aromatic nitrogens is 2. The number of ether oxygens (including phenoxy) is 1. The van der Waals surface area contributed by atoms with Crippen LogP contribution >= 0.6 is 0 Å². The molecule has 0 aliphatic carbocycles. The van der Waals surface area contributed by atoms with Crippen LogP contribution in [-0.4, -0.2) is 27.4 Å². The van der Waals surface area contributed by atoms with Crippen LogP contribution in [0.1, 0.15) is 6.92 Å². The molecule has 2 aromatic rings. The highest BCUT2D eigenvalue weighted by Gasteiger charge is 2.11. The highest BCUT2D eigenvalue weighted by molar-refractivity contribution is 5.82. The molecule has 0 saturated carbocycles. The van der Waals surface area contributed by atoms with Crippen LogP contribution < -0.4 is 4.74 Å². The SMILES string of the molecule is CC(O)C(=O)Oc1ccc2[nH]ncc2c1. The van der Waals surface area contributed by atoms with Crippen molar-refractivity contribution in [1.29, 1.82) is 0 Å². The number of benzene rings is 1. The molecule has 1 aromatic carbocycles. The standard InChI is InChI=1S/C10H10N2O3/c1-6(13)10(14)15-8-2-3-9-7(4-8)5-11-12-9/h2-6,13H,1H3,(H,11,12). The van der Waals surface area contributed by atoms with Gasteiger partial charge in [-0.1, -0.05) is 0 Å². The van der Waals surface area contributed by atoms with E-state index in [2.05, 4.69) is 10.2 Å². The molecule has 0 bridgehead atoms. The van der Waals surface area contributed by atoms with Crippen LogP contribution in [0, 0.1) is 0 Å². The molecule has 0 aliphatic heterocycles. The summed E-state index contributed by atoms with van der Waals surface area (Å²) in [6, 6.07) is 5.08. The van der Waals surface area contributed by atoms with Gasteiger partial charge in [-0.15, -0.1) is 0 Å². The van der Waals surface area contributed by atoms with Crippen molar-refractivity contribution in [2.75, 3.05) is 0 Å². The topological polar surface area (TPSA) is 75.2 Å². The zero-order valence-corrected chi connectivity index (χ0v) is 8.10. The maximum atomic E-state index is 11.1. The quantitative estimate of drug-likeness (QED) is 0.564. The van der Waals surface area contributed by atoms with E-state index >= 15 is 0 Å². The van der Waals surface area contributed by atoms with Crippen molar-refractivity contribution in [3.8, 4) is 5.75 Å². The number of aliphatic hydroxyl groups is 1. The third-order valence-electron chi connectivity index (χ3n) is 1.97. The van der Waals surface area contributed by atoms with Crippen LogP contribution in [0.5, 0.6) is 5.75 Å². The molecule has 5 nitrogen and oxygen atoms in total. The van der Waals surface area contributed by atoms with Crippen molar-refractivity contribution in [2.24, 2.45) is 0 Å². The zero-order valence-electron chi connectivity index (χ0n) is 8.10. The number of esters is 1. The Kier molecular flexibility index (Phi) is 2.39. The average Bonchev–Trinajstić information content (AvgIpc) is 2.64. The van der Waals surface area contributed by atoms with Gasteiger partial charge in [-0.25, -0.2) is 4.79 Å². The molecule has 0 fully saturated rings. The number of carbonyl (C=O) groups is 1. The predicted molar refractivity (Wildman–Crippen MR) is 53.4 cm³/mol. The zero-order chi connectivity index (χ0) is 10.8. The molecular formula is C10H10N2O3. The summed E-state index contributed by atoms with van der Waals surface area (Å²) in [4.78, 5) is 11.1. The summed E-state index contributed by atoms with van der Waals surface area (Å²) in [6.07, 6.45) is 0.514. The Balaban J connectivity index is 2.25. The summed E-state index contributed by atoms with van der Waals surface area (Å²) in [5.74, 6) is -0.271. The summed E-state index contributed by atoms with van der Waals surface area (Å²) in [5.41, 5.74) is 0.867. The molecule has 78 valence electrons. The van der Waals surface area contributed by atoms with Gasteiger partial charge in [0.05, 0.1) is 11.7 Å². The molecule has 1 heterocycles. The predicted octanol–water partition coefficient (Wildman–Crippen LogP) is 0.849. The Morgan fingerprint density at radius 1 is 1.60 bits per heavy atom. The minimum atomic E-state index is -1.12. The molecule has 0 spiro atoms.